The minimum Gasteiger partial charge on any atom is -0.492 e. The Morgan fingerprint density at radius 1 is 1.32 bits per heavy atom. The monoisotopic (exact) mass is 261 g/mol. The summed E-state index contributed by atoms with van der Waals surface area (Å²) in [7, 11) is 0. The van der Waals surface area contributed by atoms with Crippen molar-refractivity contribution in [3.05, 3.63) is 23.8 Å². The molecular formula is C17H27NO. The standard InChI is InChI=1S/C17H27NO/c1-6-19-16-9-12(2)7-8-14(16)18-15-11-17(4,5)10-13(15)3/h7-9,13,15,18H,6,10-11H2,1-5H3. The molecule has 0 amide bonds. The Morgan fingerprint density at radius 3 is 2.63 bits per heavy atom. The molecule has 0 spiro atoms. The number of rotatable bonds is 4. The molecule has 2 rings (SSSR count). The quantitative estimate of drug-likeness (QED) is 0.853. The topological polar surface area (TPSA) is 21.3 Å². The number of nitrogens with one attached hydrogen (secondary N) is 1. The summed E-state index contributed by atoms with van der Waals surface area (Å²) in [6.45, 7) is 11.9. The van der Waals surface area contributed by atoms with Gasteiger partial charge in [-0.1, -0.05) is 26.8 Å². The summed E-state index contributed by atoms with van der Waals surface area (Å²) >= 11 is 0. The van der Waals surface area contributed by atoms with Crippen molar-refractivity contribution in [2.24, 2.45) is 11.3 Å². The van der Waals surface area contributed by atoms with Gasteiger partial charge in [0.25, 0.3) is 0 Å². The smallest absolute Gasteiger partial charge is 0.142 e. The van der Waals surface area contributed by atoms with E-state index in [1.54, 1.807) is 0 Å². The molecule has 0 bridgehead atoms. The van der Waals surface area contributed by atoms with Gasteiger partial charge in [0.1, 0.15) is 5.75 Å². The molecule has 1 N–H and O–H groups in total. The normalized spacial score (nSPS) is 25.3. The Kier molecular flexibility index (Phi) is 4.07. The Balaban J connectivity index is 2.15. The van der Waals surface area contributed by atoms with E-state index in [9.17, 15) is 0 Å². The Labute approximate surface area is 117 Å². The highest BCUT2D eigenvalue weighted by atomic mass is 16.5. The van der Waals surface area contributed by atoms with Gasteiger partial charge in [0.05, 0.1) is 12.3 Å². The number of benzene rings is 1. The fraction of sp³-hybridized carbons (Fsp3) is 0.647. The van der Waals surface area contributed by atoms with Gasteiger partial charge in [-0.2, -0.15) is 0 Å². The first kappa shape index (κ1) is 14.2. The fourth-order valence-electron chi connectivity index (χ4n) is 3.31. The van der Waals surface area contributed by atoms with Gasteiger partial charge in [-0.25, -0.2) is 0 Å². The zero-order valence-corrected chi connectivity index (χ0v) is 12.9. The summed E-state index contributed by atoms with van der Waals surface area (Å²) in [6.07, 6.45) is 2.52. The van der Waals surface area contributed by atoms with Crippen LogP contribution in [0.4, 0.5) is 5.69 Å². The molecule has 0 radical (unpaired) electrons. The van der Waals surface area contributed by atoms with Gasteiger partial charge in [-0.3, -0.25) is 0 Å². The van der Waals surface area contributed by atoms with Crippen molar-refractivity contribution in [3.8, 4) is 5.75 Å². The molecule has 0 saturated heterocycles. The maximum Gasteiger partial charge on any atom is 0.142 e. The number of hydrogen-bond acceptors (Lipinski definition) is 2. The molecule has 1 aromatic carbocycles. The van der Waals surface area contributed by atoms with Crippen LogP contribution >= 0.6 is 0 Å². The summed E-state index contributed by atoms with van der Waals surface area (Å²) in [4.78, 5) is 0. The molecule has 1 aliphatic carbocycles. The third kappa shape index (κ3) is 3.43. The van der Waals surface area contributed by atoms with Crippen molar-refractivity contribution in [3.63, 3.8) is 0 Å². The lowest BCUT2D eigenvalue weighted by Crippen LogP contribution is -2.23. The minimum atomic E-state index is 0.452. The maximum atomic E-state index is 5.75. The highest BCUT2D eigenvalue weighted by molar-refractivity contribution is 5.58. The summed E-state index contributed by atoms with van der Waals surface area (Å²) in [5, 5.41) is 3.70. The van der Waals surface area contributed by atoms with Gasteiger partial charge in [-0.15, -0.1) is 0 Å². The zero-order chi connectivity index (χ0) is 14.0. The van der Waals surface area contributed by atoms with Crippen LogP contribution in [-0.2, 0) is 0 Å². The van der Waals surface area contributed by atoms with Gasteiger partial charge >= 0.3 is 0 Å². The van der Waals surface area contributed by atoms with Gasteiger partial charge in [0, 0.05) is 6.04 Å². The van der Waals surface area contributed by atoms with E-state index >= 15 is 0 Å². The summed E-state index contributed by atoms with van der Waals surface area (Å²) in [5.41, 5.74) is 2.84. The molecule has 2 unspecified atom stereocenters. The minimum absolute atomic E-state index is 0.452. The average molecular weight is 261 g/mol. The number of aryl methyl sites for hydroxylation is 1. The summed E-state index contributed by atoms with van der Waals surface area (Å²) in [5.74, 6) is 1.70. The zero-order valence-electron chi connectivity index (χ0n) is 12.9. The SMILES string of the molecule is CCOc1cc(C)ccc1NC1CC(C)(C)CC1C. The first-order valence-corrected chi connectivity index (χ1v) is 7.41. The third-order valence-corrected chi connectivity index (χ3v) is 4.11. The van der Waals surface area contributed by atoms with Crippen molar-refractivity contribution in [2.45, 2.75) is 53.5 Å². The van der Waals surface area contributed by atoms with Crippen LogP contribution in [0.25, 0.3) is 0 Å². The highest BCUT2D eigenvalue weighted by Gasteiger charge is 2.36. The molecule has 2 atom stereocenters. The van der Waals surface area contributed by atoms with E-state index in [1.807, 2.05) is 6.92 Å². The van der Waals surface area contributed by atoms with E-state index in [0.29, 0.717) is 24.0 Å². The highest BCUT2D eigenvalue weighted by Crippen LogP contribution is 2.43. The molecular weight excluding hydrogens is 234 g/mol. The predicted octanol–water partition coefficient (Wildman–Crippen LogP) is 4.63. The molecule has 0 aromatic heterocycles. The summed E-state index contributed by atoms with van der Waals surface area (Å²) in [6, 6.07) is 6.97. The Bertz CT molecular complexity index is 439. The van der Waals surface area contributed by atoms with E-state index in [2.05, 4.69) is 51.2 Å². The molecule has 1 fully saturated rings. The molecule has 106 valence electrons. The Hall–Kier alpha value is -1.18. The van der Waals surface area contributed by atoms with Crippen LogP contribution in [-0.4, -0.2) is 12.6 Å². The second-order valence-corrected chi connectivity index (χ2v) is 6.73. The number of anilines is 1. The van der Waals surface area contributed by atoms with Crippen molar-refractivity contribution >= 4 is 5.69 Å². The van der Waals surface area contributed by atoms with Gasteiger partial charge < -0.3 is 10.1 Å². The van der Waals surface area contributed by atoms with Crippen LogP contribution in [0.5, 0.6) is 5.75 Å². The van der Waals surface area contributed by atoms with Gasteiger partial charge in [0.2, 0.25) is 0 Å². The molecule has 1 aliphatic rings. The molecule has 0 aliphatic heterocycles. The van der Waals surface area contributed by atoms with Crippen LogP contribution in [0.15, 0.2) is 18.2 Å². The third-order valence-electron chi connectivity index (χ3n) is 4.11. The largest absolute Gasteiger partial charge is 0.492 e. The second-order valence-electron chi connectivity index (χ2n) is 6.73. The lowest BCUT2D eigenvalue weighted by molar-refractivity contribution is 0.340. The van der Waals surface area contributed by atoms with Crippen molar-refractivity contribution < 1.29 is 4.74 Å². The van der Waals surface area contributed by atoms with Crippen LogP contribution in [0.1, 0.15) is 46.1 Å². The van der Waals surface area contributed by atoms with E-state index in [0.717, 1.165) is 11.4 Å². The molecule has 19 heavy (non-hydrogen) atoms. The molecule has 0 heterocycles. The average Bonchev–Trinajstić information content (AvgIpc) is 2.56. The lowest BCUT2D eigenvalue weighted by atomic mass is 9.91. The number of ether oxygens (including phenoxy) is 1. The maximum absolute atomic E-state index is 5.75. The molecule has 1 aromatic rings. The second kappa shape index (κ2) is 5.44. The van der Waals surface area contributed by atoms with Gasteiger partial charge in [0.15, 0.2) is 0 Å². The van der Waals surface area contributed by atoms with Crippen LogP contribution in [0, 0.1) is 18.3 Å². The van der Waals surface area contributed by atoms with Crippen molar-refractivity contribution in [2.75, 3.05) is 11.9 Å². The van der Waals surface area contributed by atoms with Crippen molar-refractivity contribution in [1.82, 2.24) is 0 Å². The van der Waals surface area contributed by atoms with Crippen LogP contribution in [0.2, 0.25) is 0 Å². The summed E-state index contributed by atoms with van der Waals surface area (Å²) < 4.78 is 5.75. The van der Waals surface area contributed by atoms with Crippen molar-refractivity contribution in [1.29, 1.82) is 0 Å². The van der Waals surface area contributed by atoms with E-state index in [-0.39, 0.29) is 0 Å². The van der Waals surface area contributed by atoms with Gasteiger partial charge in [-0.05, 0) is 55.7 Å². The van der Waals surface area contributed by atoms with Crippen LogP contribution in [0.3, 0.4) is 0 Å². The number of hydrogen-bond donors (Lipinski definition) is 1. The molecule has 1 saturated carbocycles. The fourth-order valence-corrected chi connectivity index (χ4v) is 3.31. The van der Waals surface area contributed by atoms with E-state index in [1.165, 1.54) is 18.4 Å². The van der Waals surface area contributed by atoms with E-state index in [4.69, 9.17) is 4.74 Å². The molecule has 2 nitrogen and oxygen atoms in total. The van der Waals surface area contributed by atoms with Crippen LogP contribution < -0.4 is 10.1 Å². The molecule has 2 heteroatoms. The first-order chi connectivity index (χ1) is 8.91. The lowest BCUT2D eigenvalue weighted by Gasteiger charge is -2.22. The first-order valence-electron chi connectivity index (χ1n) is 7.41. The van der Waals surface area contributed by atoms with E-state index < -0.39 is 0 Å². The Morgan fingerprint density at radius 2 is 2.05 bits per heavy atom. The predicted molar refractivity (Wildman–Crippen MR) is 81.9 cm³/mol.